The molecule has 3 nitrogen and oxygen atoms in total. The minimum atomic E-state index is -0.565. The van der Waals surface area contributed by atoms with Gasteiger partial charge in [-0.25, -0.2) is 0 Å². The first-order valence-electron chi connectivity index (χ1n) is 5.54. The maximum Gasteiger partial charge on any atom is 0.496 e. The van der Waals surface area contributed by atoms with Crippen molar-refractivity contribution in [2.45, 2.75) is 38.9 Å². The van der Waals surface area contributed by atoms with Crippen LogP contribution in [0.15, 0.2) is 36.4 Å². The lowest BCUT2D eigenvalue weighted by atomic mass is 9.75. The molecule has 0 N–H and O–H groups in total. The van der Waals surface area contributed by atoms with E-state index in [1.807, 2.05) is 27.7 Å². The van der Waals surface area contributed by atoms with Gasteiger partial charge in [0.1, 0.15) is 0 Å². The van der Waals surface area contributed by atoms with E-state index in [0.717, 1.165) is 0 Å². The molecule has 0 aromatic heterocycles. The zero-order valence-corrected chi connectivity index (χ0v) is 10.9. The van der Waals surface area contributed by atoms with E-state index >= 15 is 0 Å². The van der Waals surface area contributed by atoms with Crippen molar-refractivity contribution in [2.75, 3.05) is 0 Å². The second-order valence-corrected chi connectivity index (χ2v) is 4.98. The highest BCUT2D eigenvalue weighted by molar-refractivity contribution is 6.56. The Morgan fingerprint density at radius 2 is 1.59 bits per heavy atom. The van der Waals surface area contributed by atoms with E-state index < -0.39 is 18.3 Å². The molecule has 0 unspecified atom stereocenters. The molecule has 1 heterocycles. The molecular formula is C13H18BNO2. The quantitative estimate of drug-likeness (QED) is 0.426. The fraction of sp³-hybridized carbons (Fsp3) is 0.462. The number of nitriles is 1. The fourth-order valence-electron chi connectivity index (χ4n) is 1.53. The molecule has 0 radical (unpaired) electrons. The minimum Gasteiger partial charge on any atom is -0.399 e. The molecule has 0 aliphatic carbocycles. The summed E-state index contributed by atoms with van der Waals surface area (Å²) in [5.74, 6) is 0. The van der Waals surface area contributed by atoms with E-state index in [0.29, 0.717) is 11.0 Å². The number of allylic oxidation sites excluding steroid dienone is 4. The predicted molar refractivity (Wildman–Crippen MR) is 69.1 cm³/mol. The number of hydrogen-bond acceptors (Lipinski definition) is 3. The van der Waals surface area contributed by atoms with Gasteiger partial charge in [-0.15, -0.1) is 0 Å². The lowest BCUT2D eigenvalue weighted by Crippen LogP contribution is -2.41. The van der Waals surface area contributed by atoms with Gasteiger partial charge in [-0.2, -0.15) is 5.26 Å². The molecular weight excluding hydrogens is 213 g/mol. The van der Waals surface area contributed by atoms with Crippen LogP contribution in [0.5, 0.6) is 0 Å². The molecule has 0 aromatic carbocycles. The first kappa shape index (κ1) is 13.8. The van der Waals surface area contributed by atoms with Crippen molar-refractivity contribution in [1.82, 2.24) is 0 Å². The van der Waals surface area contributed by atoms with Gasteiger partial charge in [0.2, 0.25) is 0 Å². The van der Waals surface area contributed by atoms with E-state index in [1.165, 1.54) is 6.08 Å². The largest absolute Gasteiger partial charge is 0.496 e. The third-order valence-electron chi connectivity index (χ3n) is 3.36. The summed E-state index contributed by atoms with van der Waals surface area (Å²) in [7, 11) is -0.565. The van der Waals surface area contributed by atoms with Crippen molar-refractivity contribution in [3.05, 3.63) is 36.4 Å². The Balaban J connectivity index is 3.14. The average molecular weight is 231 g/mol. The molecule has 1 rings (SSSR count). The fourth-order valence-corrected chi connectivity index (χ4v) is 1.53. The van der Waals surface area contributed by atoms with Crippen molar-refractivity contribution in [3.63, 3.8) is 0 Å². The predicted octanol–water partition coefficient (Wildman–Crippen LogP) is 2.81. The molecule has 1 aliphatic heterocycles. The summed E-state index contributed by atoms with van der Waals surface area (Å²) in [5, 5.41) is 9.01. The van der Waals surface area contributed by atoms with Gasteiger partial charge in [0.15, 0.2) is 0 Å². The topological polar surface area (TPSA) is 42.2 Å². The minimum absolute atomic E-state index is 0.423. The Morgan fingerprint density at radius 3 is 1.88 bits per heavy atom. The first-order chi connectivity index (χ1) is 7.79. The van der Waals surface area contributed by atoms with Crippen LogP contribution in [0.2, 0.25) is 0 Å². The van der Waals surface area contributed by atoms with Gasteiger partial charge in [-0.1, -0.05) is 25.3 Å². The van der Waals surface area contributed by atoms with Crippen LogP contribution in [0.4, 0.5) is 0 Å². The van der Waals surface area contributed by atoms with Gasteiger partial charge in [-0.05, 0) is 33.2 Å². The summed E-state index contributed by atoms with van der Waals surface area (Å²) in [6.07, 6.45) is 3.07. The first-order valence-corrected chi connectivity index (χ1v) is 5.54. The molecule has 1 aliphatic rings. The summed E-state index contributed by atoms with van der Waals surface area (Å²) in [6, 6.07) is 2.06. The lowest BCUT2D eigenvalue weighted by Gasteiger charge is -2.32. The standard InChI is InChI=1S/C13H18BNO2/c1-7-10(9-15)11(8-2)14-16-12(3,4)13(5,6)17-14/h7-8H,1-2H2,3-6H3/b11-10-. The second kappa shape index (κ2) is 4.52. The van der Waals surface area contributed by atoms with Gasteiger partial charge >= 0.3 is 7.12 Å². The maximum atomic E-state index is 9.01. The van der Waals surface area contributed by atoms with Crippen LogP contribution >= 0.6 is 0 Å². The summed E-state index contributed by atoms with van der Waals surface area (Å²) >= 11 is 0. The Labute approximate surface area is 104 Å². The van der Waals surface area contributed by atoms with Crippen LogP contribution in [0.25, 0.3) is 0 Å². The third-order valence-corrected chi connectivity index (χ3v) is 3.36. The highest BCUT2D eigenvalue weighted by Crippen LogP contribution is 2.39. The third kappa shape index (κ3) is 2.36. The molecule has 17 heavy (non-hydrogen) atoms. The van der Waals surface area contributed by atoms with Gasteiger partial charge in [0.25, 0.3) is 0 Å². The van der Waals surface area contributed by atoms with Crippen molar-refractivity contribution >= 4 is 7.12 Å². The van der Waals surface area contributed by atoms with E-state index in [9.17, 15) is 0 Å². The van der Waals surface area contributed by atoms with Crippen molar-refractivity contribution in [1.29, 1.82) is 5.26 Å². The highest BCUT2D eigenvalue weighted by Gasteiger charge is 2.52. The number of rotatable bonds is 3. The molecule has 90 valence electrons. The van der Waals surface area contributed by atoms with Crippen molar-refractivity contribution < 1.29 is 9.31 Å². The van der Waals surface area contributed by atoms with Crippen molar-refractivity contribution in [2.24, 2.45) is 0 Å². The summed E-state index contributed by atoms with van der Waals surface area (Å²) in [6.45, 7) is 15.2. The average Bonchev–Trinajstić information content (AvgIpc) is 2.44. The van der Waals surface area contributed by atoms with Gasteiger partial charge in [-0.3, -0.25) is 0 Å². The zero-order chi connectivity index (χ0) is 13.3. The number of nitrogens with zero attached hydrogens (tertiary/aromatic N) is 1. The van der Waals surface area contributed by atoms with Crippen LogP contribution < -0.4 is 0 Å². The number of hydrogen-bond donors (Lipinski definition) is 0. The molecule has 0 atom stereocenters. The Bertz CT molecular complexity index is 400. The Morgan fingerprint density at radius 1 is 1.12 bits per heavy atom. The molecule has 4 heteroatoms. The molecule has 0 spiro atoms. The smallest absolute Gasteiger partial charge is 0.399 e. The molecule has 1 saturated heterocycles. The van der Waals surface area contributed by atoms with Crippen LogP contribution in [0.3, 0.4) is 0 Å². The SMILES string of the molecule is C=C/C(C#N)=C(\C=C)B1OC(C)(C)C(C)(C)O1. The van der Waals surface area contributed by atoms with E-state index in [-0.39, 0.29) is 0 Å². The second-order valence-electron chi connectivity index (χ2n) is 4.98. The molecule has 0 saturated carbocycles. The summed E-state index contributed by atoms with van der Waals surface area (Å²) in [4.78, 5) is 0. The van der Waals surface area contributed by atoms with Gasteiger partial charge in [0.05, 0.1) is 22.8 Å². The van der Waals surface area contributed by atoms with Crippen LogP contribution in [-0.4, -0.2) is 18.3 Å². The normalized spacial score (nSPS) is 22.6. The van der Waals surface area contributed by atoms with E-state index in [1.54, 1.807) is 6.08 Å². The van der Waals surface area contributed by atoms with Crippen LogP contribution in [0, 0.1) is 11.3 Å². The van der Waals surface area contributed by atoms with Gasteiger partial charge in [0, 0.05) is 0 Å². The van der Waals surface area contributed by atoms with Crippen LogP contribution in [0.1, 0.15) is 27.7 Å². The summed E-state index contributed by atoms with van der Waals surface area (Å²) in [5.41, 5.74) is 0.209. The van der Waals surface area contributed by atoms with Gasteiger partial charge < -0.3 is 9.31 Å². The molecule has 0 aromatic rings. The van der Waals surface area contributed by atoms with E-state index in [2.05, 4.69) is 19.2 Å². The molecule has 0 bridgehead atoms. The van der Waals surface area contributed by atoms with E-state index in [4.69, 9.17) is 14.6 Å². The molecule has 0 amide bonds. The van der Waals surface area contributed by atoms with Crippen molar-refractivity contribution in [3.8, 4) is 6.07 Å². The monoisotopic (exact) mass is 231 g/mol. The Hall–Kier alpha value is -1.31. The Kier molecular flexibility index (Phi) is 3.66. The summed E-state index contributed by atoms with van der Waals surface area (Å²) < 4.78 is 11.7. The lowest BCUT2D eigenvalue weighted by molar-refractivity contribution is 0.00578. The zero-order valence-electron chi connectivity index (χ0n) is 10.9. The highest BCUT2D eigenvalue weighted by atomic mass is 16.7. The molecule has 1 fully saturated rings. The maximum absolute atomic E-state index is 9.01. The van der Waals surface area contributed by atoms with Crippen LogP contribution in [-0.2, 0) is 9.31 Å².